The van der Waals surface area contributed by atoms with Gasteiger partial charge in [-0.25, -0.2) is 0 Å². The number of rotatable bonds is 2. The highest BCUT2D eigenvalue weighted by molar-refractivity contribution is 5.27. The molecule has 0 aromatic heterocycles. The molecule has 0 aliphatic rings. The summed E-state index contributed by atoms with van der Waals surface area (Å²) in [5.41, 5.74) is 6.22. The Hall–Kier alpha value is -1.06. The van der Waals surface area contributed by atoms with Gasteiger partial charge < -0.3 is 15.9 Å². The van der Waals surface area contributed by atoms with Crippen molar-refractivity contribution in [2.24, 2.45) is 5.73 Å². The summed E-state index contributed by atoms with van der Waals surface area (Å²) in [6.07, 6.45) is -0.661. The van der Waals surface area contributed by atoms with Crippen molar-refractivity contribution in [1.29, 1.82) is 0 Å². The lowest BCUT2D eigenvalue weighted by molar-refractivity contribution is 0.153. The van der Waals surface area contributed by atoms with Gasteiger partial charge in [-0.15, -0.1) is 0 Å². The average molecular weight is 167 g/mol. The fraction of sp³-hybridized carbons (Fsp3) is 0.333. The predicted molar refractivity (Wildman–Crippen MR) is 46.7 cm³/mol. The molecular weight excluding hydrogens is 154 g/mol. The monoisotopic (exact) mass is 167 g/mol. The Balaban J connectivity index is 2.82. The molecular formula is C9H13NO2. The van der Waals surface area contributed by atoms with E-state index < -0.39 is 6.10 Å². The summed E-state index contributed by atoms with van der Waals surface area (Å²) < 4.78 is 0. The minimum Gasteiger partial charge on any atom is -0.508 e. The molecule has 4 N–H and O–H groups in total. The lowest BCUT2D eigenvalue weighted by atomic mass is 10.0. The van der Waals surface area contributed by atoms with E-state index in [0.29, 0.717) is 0 Å². The molecule has 1 aromatic rings. The molecule has 3 nitrogen and oxygen atoms in total. The van der Waals surface area contributed by atoms with Gasteiger partial charge >= 0.3 is 0 Å². The Bertz CT molecular complexity index is 243. The van der Waals surface area contributed by atoms with Crippen LogP contribution in [-0.4, -0.2) is 16.3 Å². The molecule has 0 saturated carbocycles. The Kier molecular flexibility index (Phi) is 2.68. The number of aliphatic hydroxyl groups is 1. The molecule has 0 aliphatic heterocycles. The van der Waals surface area contributed by atoms with Crippen LogP contribution in [0.15, 0.2) is 24.3 Å². The van der Waals surface area contributed by atoms with E-state index in [1.807, 2.05) is 0 Å². The van der Waals surface area contributed by atoms with Gasteiger partial charge in [-0.2, -0.15) is 0 Å². The zero-order valence-corrected chi connectivity index (χ0v) is 6.94. The molecule has 0 radical (unpaired) electrons. The predicted octanol–water partition coefficient (Wildman–Crippen LogP) is 0.773. The van der Waals surface area contributed by atoms with E-state index in [2.05, 4.69) is 0 Å². The molecule has 0 spiro atoms. The van der Waals surface area contributed by atoms with Crippen molar-refractivity contribution in [2.75, 3.05) is 0 Å². The molecule has 0 bridgehead atoms. The van der Waals surface area contributed by atoms with Crippen LogP contribution in [0.1, 0.15) is 18.6 Å². The first-order chi connectivity index (χ1) is 5.61. The van der Waals surface area contributed by atoms with Crippen molar-refractivity contribution in [2.45, 2.75) is 19.1 Å². The molecule has 12 heavy (non-hydrogen) atoms. The number of nitrogens with two attached hydrogens (primary N) is 1. The molecule has 0 amide bonds. The van der Waals surface area contributed by atoms with Crippen molar-refractivity contribution >= 4 is 0 Å². The lowest BCUT2D eigenvalue weighted by Gasteiger charge is -2.14. The van der Waals surface area contributed by atoms with Crippen LogP contribution in [0.2, 0.25) is 0 Å². The fourth-order valence-electron chi connectivity index (χ4n) is 0.975. The number of aliphatic hydroxyl groups excluding tert-OH is 1. The van der Waals surface area contributed by atoms with Crippen LogP contribution < -0.4 is 5.73 Å². The van der Waals surface area contributed by atoms with Crippen molar-refractivity contribution in [1.82, 2.24) is 0 Å². The second-order valence-corrected chi connectivity index (χ2v) is 2.90. The van der Waals surface area contributed by atoms with E-state index >= 15 is 0 Å². The normalized spacial score (nSPS) is 15.6. The van der Waals surface area contributed by atoms with Crippen LogP contribution in [-0.2, 0) is 0 Å². The number of phenols is 1. The molecule has 0 unspecified atom stereocenters. The van der Waals surface area contributed by atoms with Gasteiger partial charge in [0.2, 0.25) is 0 Å². The first kappa shape index (κ1) is 9.03. The summed E-state index contributed by atoms with van der Waals surface area (Å²) in [6, 6.07) is 6.07. The number of aromatic hydroxyl groups is 1. The third kappa shape index (κ3) is 1.96. The van der Waals surface area contributed by atoms with Crippen molar-refractivity contribution in [3.8, 4) is 5.75 Å². The second-order valence-electron chi connectivity index (χ2n) is 2.90. The number of phenolic OH excluding ortho intramolecular Hbond substituents is 1. The van der Waals surface area contributed by atoms with Crippen LogP contribution in [0.4, 0.5) is 0 Å². The molecule has 1 aromatic carbocycles. The Morgan fingerprint density at radius 1 is 1.25 bits per heavy atom. The van der Waals surface area contributed by atoms with Crippen LogP contribution in [0.3, 0.4) is 0 Å². The zero-order chi connectivity index (χ0) is 9.14. The fourth-order valence-corrected chi connectivity index (χ4v) is 0.975. The molecule has 0 saturated heterocycles. The Morgan fingerprint density at radius 2 is 1.75 bits per heavy atom. The molecule has 0 fully saturated rings. The highest BCUT2D eigenvalue weighted by atomic mass is 16.3. The van der Waals surface area contributed by atoms with Gasteiger partial charge in [0, 0.05) is 6.04 Å². The molecule has 0 heterocycles. The maximum absolute atomic E-state index is 9.48. The summed E-state index contributed by atoms with van der Waals surface area (Å²) in [5.74, 6) is 0.190. The van der Waals surface area contributed by atoms with Crippen LogP contribution in [0.5, 0.6) is 5.75 Å². The highest BCUT2D eigenvalue weighted by Gasteiger charge is 2.11. The molecule has 1 rings (SSSR count). The van der Waals surface area contributed by atoms with Gasteiger partial charge in [0.1, 0.15) is 5.75 Å². The summed E-state index contributed by atoms with van der Waals surface area (Å²) >= 11 is 0. The van der Waals surface area contributed by atoms with Crippen molar-refractivity contribution in [3.63, 3.8) is 0 Å². The topological polar surface area (TPSA) is 66.5 Å². The molecule has 3 heteroatoms. The van der Waals surface area contributed by atoms with E-state index in [9.17, 15) is 5.11 Å². The second kappa shape index (κ2) is 3.56. The summed E-state index contributed by atoms with van der Waals surface area (Å²) in [7, 11) is 0. The van der Waals surface area contributed by atoms with E-state index in [1.54, 1.807) is 19.1 Å². The summed E-state index contributed by atoms with van der Waals surface area (Å²) in [5, 5.41) is 18.4. The third-order valence-corrected chi connectivity index (χ3v) is 1.73. The zero-order valence-electron chi connectivity index (χ0n) is 6.94. The first-order valence-corrected chi connectivity index (χ1v) is 3.84. The van der Waals surface area contributed by atoms with Crippen LogP contribution in [0, 0.1) is 0 Å². The number of benzene rings is 1. The average Bonchev–Trinajstić information content (AvgIpc) is 2.04. The van der Waals surface area contributed by atoms with E-state index in [0.717, 1.165) is 5.56 Å². The maximum Gasteiger partial charge on any atom is 0.115 e. The van der Waals surface area contributed by atoms with Crippen molar-refractivity contribution < 1.29 is 10.2 Å². The summed E-state index contributed by atoms with van der Waals surface area (Å²) in [4.78, 5) is 0. The molecule has 2 atom stereocenters. The van der Waals surface area contributed by atoms with E-state index in [-0.39, 0.29) is 11.8 Å². The van der Waals surface area contributed by atoms with Gasteiger partial charge in [-0.05, 0) is 24.6 Å². The summed E-state index contributed by atoms with van der Waals surface area (Å²) in [6.45, 7) is 1.73. The maximum atomic E-state index is 9.48. The minimum atomic E-state index is -0.661. The minimum absolute atomic E-state index is 0.190. The van der Waals surface area contributed by atoms with Crippen LogP contribution >= 0.6 is 0 Å². The van der Waals surface area contributed by atoms with Crippen molar-refractivity contribution in [3.05, 3.63) is 29.8 Å². The van der Waals surface area contributed by atoms with Gasteiger partial charge in [-0.1, -0.05) is 12.1 Å². The molecule has 0 aliphatic carbocycles. The molecule has 66 valence electrons. The standard InChI is InChI=1S/C9H13NO2/c1-6(10)9(12)7-2-4-8(11)5-3-7/h2-6,9,11-12H,10H2,1H3/t6-,9+/m0/s1. The number of hydrogen-bond acceptors (Lipinski definition) is 3. The SMILES string of the molecule is C[C@H](N)[C@@H](O)c1ccc(O)cc1. The number of hydrogen-bond donors (Lipinski definition) is 3. The third-order valence-electron chi connectivity index (χ3n) is 1.73. The first-order valence-electron chi connectivity index (χ1n) is 3.84. The van der Waals surface area contributed by atoms with Gasteiger partial charge in [0.25, 0.3) is 0 Å². The quantitative estimate of drug-likeness (QED) is 0.609. The van der Waals surface area contributed by atoms with E-state index in [1.165, 1.54) is 12.1 Å². The smallest absolute Gasteiger partial charge is 0.115 e. The van der Waals surface area contributed by atoms with Gasteiger partial charge in [0.15, 0.2) is 0 Å². The van der Waals surface area contributed by atoms with Gasteiger partial charge in [-0.3, -0.25) is 0 Å². The lowest BCUT2D eigenvalue weighted by Crippen LogP contribution is -2.24. The van der Waals surface area contributed by atoms with Crippen LogP contribution in [0.25, 0.3) is 0 Å². The Morgan fingerprint density at radius 3 is 2.17 bits per heavy atom. The largest absolute Gasteiger partial charge is 0.508 e. The van der Waals surface area contributed by atoms with Gasteiger partial charge in [0.05, 0.1) is 6.10 Å². The Labute approximate surface area is 71.5 Å². The highest BCUT2D eigenvalue weighted by Crippen LogP contribution is 2.18. The van der Waals surface area contributed by atoms with E-state index in [4.69, 9.17) is 10.8 Å².